The van der Waals surface area contributed by atoms with Crippen molar-refractivity contribution in [3.05, 3.63) is 12.2 Å². The van der Waals surface area contributed by atoms with Gasteiger partial charge < -0.3 is 33.2 Å². The molecule has 0 unspecified atom stereocenters. The molecule has 2 aliphatic rings. The van der Waals surface area contributed by atoms with Crippen LogP contribution in [-0.2, 0) is 57.1 Å². The second kappa shape index (κ2) is 13.0. The molecular formula is C23H29NO12. The van der Waals surface area contributed by atoms with Gasteiger partial charge in [-0.05, 0) is 12.2 Å². The van der Waals surface area contributed by atoms with E-state index in [0.717, 1.165) is 20.8 Å². The minimum atomic E-state index is -1.34. The quantitative estimate of drug-likeness (QED) is 0.247. The summed E-state index contributed by atoms with van der Waals surface area (Å²) in [5.41, 5.74) is 0. The molecule has 0 N–H and O–H groups in total. The monoisotopic (exact) mass is 511 g/mol. The van der Waals surface area contributed by atoms with Gasteiger partial charge in [0.25, 0.3) is 0 Å². The van der Waals surface area contributed by atoms with Crippen LogP contribution in [-0.4, -0.2) is 85.3 Å². The Morgan fingerprint density at radius 1 is 0.694 bits per heavy atom. The molecule has 36 heavy (non-hydrogen) atoms. The molecule has 198 valence electrons. The third kappa shape index (κ3) is 8.31. The minimum Gasteiger partial charge on any atom is -0.463 e. The lowest BCUT2D eigenvalue weighted by Gasteiger charge is -2.45. The highest BCUT2D eigenvalue weighted by Crippen LogP contribution is 2.33. The number of carbonyl (C=O) groups excluding carboxylic acids is 5. The number of ether oxygens (including phenoxy) is 7. The number of esters is 5. The maximum Gasteiger partial charge on any atom is 0.303 e. The fourth-order valence-corrected chi connectivity index (χ4v) is 3.95. The molecule has 8 atom stereocenters. The molecule has 0 saturated carbocycles. The highest BCUT2D eigenvalue weighted by Gasteiger charge is 2.53. The van der Waals surface area contributed by atoms with Crippen molar-refractivity contribution >= 4 is 29.8 Å². The van der Waals surface area contributed by atoms with Gasteiger partial charge in [-0.2, -0.15) is 5.26 Å². The van der Waals surface area contributed by atoms with Gasteiger partial charge in [0.1, 0.15) is 31.0 Å². The molecule has 0 aromatic heterocycles. The predicted molar refractivity (Wildman–Crippen MR) is 116 cm³/mol. The van der Waals surface area contributed by atoms with Gasteiger partial charge in [0.2, 0.25) is 0 Å². The maximum absolute atomic E-state index is 12.0. The van der Waals surface area contributed by atoms with Crippen LogP contribution >= 0.6 is 0 Å². The summed E-state index contributed by atoms with van der Waals surface area (Å²) in [7, 11) is 0. The highest BCUT2D eigenvalue weighted by atomic mass is 16.7. The molecule has 1 fully saturated rings. The first-order chi connectivity index (χ1) is 16.9. The van der Waals surface area contributed by atoms with Crippen LogP contribution in [0.15, 0.2) is 12.2 Å². The molecule has 0 aliphatic carbocycles. The summed E-state index contributed by atoms with van der Waals surface area (Å²) in [6.45, 7) is 5.35. The van der Waals surface area contributed by atoms with E-state index in [-0.39, 0.29) is 13.0 Å². The zero-order valence-electron chi connectivity index (χ0n) is 20.5. The lowest BCUT2D eigenvalue weighted by Crippen LogP contribution is -2.63. The lowest BCUT2D eigenvalue weighted by molar-refractivity contribution is -0.258. The molecule has 0 aromatic carbocycles. The zero-order chi connectivity index (χ0) is 27.0. The van der Waals surface area contributed by atoms with Gasteiger partial charge in [0, 0.05) is 41.0 Å². The van der Waals surface area contributed by atoms with E-state index in [1.165, 1.54) is 26.0 Å². The molecule has 1 saturated heterocycles. The Labute approximate surface area is 207 Å². The van der Waals surface area contributed by atoms with Crippen LogP contribution in [0.1, 0.15) is 41.0 Å². The third-order valence-corrected chi connectivity index (χ3v) is 5.14. The first-order valence-corrected chi connectivity index (χ1v) is 11.1. The summed E-state index contributed by atoms with van der Waals surface area (Å²) in [5, 5.41) is 9.29. The van der Waals surface area contributed by atoms with Crippen molar-refractivity contribution in [2.24, 2.45) is 0 Å². The van der Waals surface area contributed by atoms with Crippen LogP contribution in [0.25, 0.3) is 0 Å². The summed E-state index contributed by atoms with van der Waals surface area (Å²) < 4.78 is 38.3. The highest BCUT2D eigenvalue weighted by molar-refractivity contribution is 5.69. The van der Waals surface area contributed by atoms with E-state index in [4.69, 9.17) is 33.2 Å². The SMILES string of the molecule is CC(=O)OC[C@H]1O[C@@H](C[C@H]2O[C@H](C#N)C=C[C@@H]2OC(C)=O)[C@H](OC(C)=O)[C@@H](OC(C)=O)[C@@H]1OC(C)=O. The van der Waals surface area contributed by atoms with Gasteiger partial charge in [-0.1, -0.05) is 0 Å². The predicted octanol–water partition coefficient (Wildman–Crippen LogP) is 0.281. The van der Waals surface area contributed by atoms with E-state index >= 15 is 0 Å². The van der Waals surface area contributed by atoms with E-state index < -0.39 is 78.7 Å². The molecule has 0 bridgehead atoms. The molecule has 2 heterocycles. The van der Waals surface area contributed by atoms with Gasteiger partial charge in [-0.3, -0.25) is 24.0 Å². The Kier molecular flexibility index (Phi) is 10.4. The van der Waals surface area contributed by atoms with Crippen molar-refractivity contribution in [1.82, 2.24) is 0 Å². The van der Waals surface area contributed by atoms with Crippen molar-refractivity contribution in [3.63, 3.8) is 0 Å². The fraction of sp³-hybridized carbons (Fsp3) is 0.652. The molecule has 0 spiro atoms. The van der Waals surface area contributed by atoms with Crippen LogP contribution in [0, 0.1) is 11.3 Å². The van der Waals surface area contributed by atoms with Gasteiger partial charge in [0.15, 0.2) is 24.4 Å². The number of hydrogen-bond acceptors (Lipinski definition) is 13. The van der Waals surface area contributed by atoms with E-state index in [1.54, 1.807) is 0 Å². The Morgan fingerprint density at radius 2 is 1.22 bits per heavy atom. The standard InChI is InChI=1S/C23H29NO12/c1-11(25)30-10-20-22(33-14(4)28)23(34-15(5)29)21(32-13(3)27)19(36-20)8-18-17(31-12(2)26)7-6-16(9-24)35-18/h6-7,16-23H,8,10H2,1-5H3/t16-,17-,18+,19-,20+,21-,22+,23+/m0/s1. The van der Waals surface area contributed by atoms with Crippen molar-refractivity contribution < 1.29 is 57.1 Å². The average Bonchev–Trinajstić information content (AvgIpc) is 2.76. The van der Waals surface area contributed by atoms with Crippen molar-refractivity contribution in [2.75, 3.05) is 6.61 Å². The number of nitriles is 1. The topological polar surface area (TPSA) is 174 Å². The second-order valence-corrected chi connectivity index (χ2v) is 8.16. The van der Waals surface area contributed by atoms with E-state index in [0.29, 0.717) is 0 Å². The van der Waals surface area contributed by atoms with Crippen LogP contribution < -0.4 is 0 Å². The first-order valence-electron chi connectivity index (χ1n) is 11.1. The second-order valence-electron chi connectivity index (χ2n) is 8.16. The normalized spacial score (nSPS) is 31.3. The largest absolute Gasteiger partial charge is 0.463 e. The summed E-state index contributed by atoms with van der Waals surface area (Å²) >= 11 is 0. The van der Waals surface area contributed by atoms with E-state index in [2.05, 4.69) is 0 Å². The summed E-state index contributed by atoms with van der Waals surface area (Å²) in [6, 6.07) is 1.93. The molecule has 13 heteroatoms. The zero-order valence-corrected chi connectivity index (χ0v) is 20.5. The van der Waals surface area contributed by atoms with Gasteiger partial charge in [-0.25, -0.2) is 0 Å². The molecule has 2 rings (SSSR count). The first kappa shape index (κ1) is 28.7. The molecule has 13 nitrogen and oxygen atoms in total. The van der Waals surface area contributed by atoms with Crippen molar-refractivity contribution in [3.8, 4) is 6.07 Å². The average molecular weight is 511 g/mol. The molecule has 0 radical (unpaired) electrons. The smallest absolute Gasteiger partial charge is 0.303 e. The van der Waals surface area contributed by atoms with Crippen LogP contribution in [0.4, 0.5) is 0 Å². The Morgan fingerprint density at radius 3 is 1.72 bits per heavy atom. The number of nitrogens with zero attached hydrogens (tertiary/aromatic N) is 1. The van der Waals surface area contributed by atoms with Crippen LogP contribution in [0.5, 0.6) is 0 Å². The molecule has 0 amide bonds. The number of hydrogen-bond donors (Lipinski definition) is 0. The summed E-state index contributed by atoms with van der Waals surface area (Å²) in [5.74, 6) is -3.51. The number of rotatable bonds is 8. The molecular weight excluding hydrogens is 482 g/mol. The van der Waals surface area contributed by atoms with Crippen LogP contribution in [0.3, 0.4) is 0 Å². The van der Waals surface area contributed by atoms with Crippen molar-refractivity contribution in [1.29, 1.82) is 5.26 Å². The van der Waals surface area contributed by atoms with E-state index in [9.17, 15) is 29.2 Å². The molecule has 0 aromatic rings. The molecule has 2 aliphatic heterocycles. The van der Waals surface area contributed by atoms with Gasteiger partial charge >= 0.3 is 29.8 Å². The lowest BCUT2D eigenvalue weighted by atomic mass is 9.89. The van der Waals surface area contributed by atoms with Gasteiger partial charge in [-0.15, -0.1) is 0 Å². The summed E-state index contributed by atoms with van der Waals surface area (Å²) in [4.78, 5) is 58.8. The third-order valence-electron chi connectivity index (χ3n) is 5.14. The van der Waals surface area contributed by atoms with Crippen LogP contribution in [0.2, 0.25) is 0 Å². The van der Waals surface area contributed by atoms with Crippen molar-refractivity contribution in [2.45, 2.75) is 89.9 Å². The van der Waals surface area contributed by atoms with E-state index in [1.807, 2.05) is 6.07 Å². The number of carbonyl (C=O) groups is 5. The fourth-order valence-electron chi connectivity index (χ4n) is 3.95. The Balaban J connectivity index is 2.47. The maximum atomic E-state index is 12.0. The Hall–Kier alpha value is -3.50. The Bertz CT molecular complexity index is 925. The minimum absolute atomic E-state index is 0.112. The van der Waals surface area contributed by atoms with Gasteiger partial charge in [0.05, 0.1) is 6.07 Å². The summed E-state index contributed by atoms with van der Waals surface area (Å²) in [6.07, 6.45) is -6.11.